The van der Waals surface area contributed by atoms with Crippen LogP contribution in [0.5, 0.6) is 0 Å². The molecular weight excluding hydrogens is 436 g/mol. The van der Waals surface area contributed by atoms with E-state index in [0.717, 1.165) is 50.9 Å². The van der Waals surface area contributed by atoms with E-state index in [2.05, 4.69) is 60.5 Å². The number of anilines is 2. The molecule has 0 radical (unpaired) electrons. The second kappa shape index (κ2) is 9.95. The average molecular weight is 463 g/mol. The number of amides is 1. The number of nitrogens with zero attached hydrogens (tertiary/aromatic N) is 6. The molecule has 1 fully saturated rings. The number of nitrogens with one attached hydrogen (secondary N) is 2. The summed E-state index contributed by atoms with van der Waals surface area (Å²) in [5.74, 6) is 0.582. The van der Waals surface area contributed by atoms with Gasteiger partial charge in [-0.1, -0.05) is 23.4 Å². The van der Waals surface area contributed by atoms with Gasteiger partial charge >= 0.3 is 0 Å². The highest BCUT2D eigenvalue weighted by molar-refractivity contribution is 7.14. The van der Waals surface area contributed by atoms with E-state index in [0.29, 0.717) is 16.6 Å². The molecular formula is C23H26N8OS. The monoisotopic (exact) mass is 462 g/mol. The van der Waals surface area contributed by atoms with Crippen LogP contribution in [0.4, 0.5) is 10.8 Å². The number of aromatic amines is 1. The molecule has 0 aliphatic carbocycles. The number of rotatable bonds is 9. The van der Waals surface area contributed by atoms with Gasteiger partial charge in [0.25, 0.3) is 5.91 Å². The Morgan fingerprint density at radius 1 is 1.18 bits per heavy atom. The molecule has 4 heterocycles. The van der Waals surface area contributed by atoms with Gasteiger partial charge in [0.15, 0.2) is 11.0 Å². The summed E-state index contributed by atoms with van der Waals surface area (Å²) >= 11 is 1.48. The van der Waals surface area contributed by atoms with Crippen molar-refractivity contribution < 1.29 is 4.79 Å². The van der Waals surface area contributed by atoms with E-state index in [1.807, 2.05) is 29.0 Å². The molecule has 4 aromatic rings. The fourth-order valence-electron chi connectivity index (χ4n) is 4.33. The zero-order valence-corrected chi connectivity index (χ0v) is 19.0. The van der Waals surface area contributed by atoms with Crippen LogP contribution in [0.15, 0.2) is 54.0 Å². The highest BCUT2D eigenvalue weighted by Gasteiger charge is 2.28. The van der Waals surface area contributed by atoms with Gasteiger partial charge in [0.05, 0.1) is 11.7 Å². The van der Waals surface area contributed by atoms with Crippen LogP contribution in [0.1, 0.15) is 53.7 Å². The first kappa shape index (κ1) is 21.3. The van der Waals surface area contributed by atoms with Gasteiger partial charge in [-0.15, -0.1) is 21.5 Å². The van der Waals surface area contributed by atoms with Crippen molar-refractivity contribution in [2.75, 3.05) is 16.8 Å². The molecule has 9 nitrogen and oxygen atoms in total. The first-order valence-corrected chi connectivity index (χ1v) is 12.1. The number of benzene rings is 1. The second-order valence-corrected chi connectivity index (χ2v) is 8.95. The molecule has 1 atom stereocenters. The van der Waals surface area contributed by atoms with Crippen LogP contribution < -0.4 is 10.2 Å². The Morgan fingerprint density at radius 3 is 2.94 bits per heavy atom. The zero-order valence-electron chi connectivity index (χ0n) is 18.2. The Balaban J connectivity index is 1.19. The standard InChI is InChI=1S/C23H26N8OS/c32-22(20-11-6-14-30(20)13-5-4-12-21-26-28-29-27-21)25-23-24-18(16-33-23)19-10-7-15-31(19)17-8-2-1-3-9-17/h1-3,6,8-9,11,14,16,19H,4-5,7,10,12-13,15H2,(H,24,25,32)(H,26,27,28,29)/t19-/m1/s1. The number of hydrogen-bond acceptors (Lipinski definition) is 7. The molecule has 0 spiro atoms. The van der Waals surface area contributed by atoms with Crippen molar-refractivity contribution in [1.29, 1.82) is 0 Å². The molecule has 3 aromatic heterocycles. The molecule has 170 valence electrons. The van der Waals surface area contributed by atoms with Crippen LogP contribution in [0.3, 0.4) is 0 Å². The van der Waals surface area contributed by atoms with E-state index >= 15 is 0 Å². The topological polar surface area (TPSA) is 105 Å². The minimum atomic E-state index is -0.134. The summed E-state index contributed by atoms with van der Waals surface area (Å²) in [6.07, 6.45) is 6.75. The van der Waals surface area contributed by atoms with E-state index in [9.17, 15) is 4.79 Å². The number of para-hydroxylation sites is 1. The predicted octanol–water partition coefficient (Wildman–Crippen LogP) is 4.07. The lowest BCUT2D eigenvalue weighted by Crippen LogP contribution is -2.22. The van der Waals surface area contributed by atoms with Gasteiger partial charge < -0.3 is 9.47 Å². The minimum Gasteiger partial charge on any atom is -0.363 e. The van der Waals surface area contributed by atoms with Crippen molar-refractivity contribution in [1.82, 2.24) is 30.2 Å². The molecule has 10 heteroatoms. The zero-order chi connectivity index (χ0) is 22.5. The van der Waals surface area contributed by atoms with Gasteiger partial charge in [0.1, 0.15) is 5.69 Å². The molecule has 0 unspecified atom stereocenters. The van der Waals surface area contributed by atoms with Gasteiger partial charge in [0.2, 0.25) is 0 Å². The van der Waals surface area contributed by atoms with Crippen molar-refractivity contribution >= 4 is 28.1 Å². The number of carbonyl (C=O) groups is 1. The van der Waals surface area contributed by atoms with Crippen molar-refractivity contribution in [3.8, 4) is 0 Å². The normalized spacial score (nSPS) is 15.8. The second-order valence-electron chi connectivity index (χ2n) is 8.09. The van der Waals surface area contributed by atoms with E-state index < -0.39 is 0 Å². The molecule has 1 aromatic carbocycles. The fourth-order valence-corrected chi connectivity index (χ4v) is 5.08. The molecule has 2 N–H and O–H groups in total. The van der Waals surface area contributed by atoms with E-state index in [1.165, 1.54) is 17.0 Å². The lowest BCUT2D eigenvalue weighted by atomic mass is 10.1. The van der Waals surface area contributed by atoms with Crippen molar-refractivity contribution in [2.45, 2.75) is 44.7 Å². The number of hydrogen-bond donors (Lipinski definition) is 2. The quantitative estimate of drug-likeness (QED) is 0.363. The average Bonchev–Trinajstić information content (AvgIpc) is 3.64. The van der Waals surface area contributed by atoms with Gasteiger partial charge in [-0.3, -0.25) is 10.1 Å². The number of aryl methyl sites for hydroxylation is 2. The maximum absolute atomic E-state index is 12.9. The largest absolute Gasteiger partial charge is 0.363 e. The maximum Gasteiger partial charge on any atom is 0.274 e. The molecule has 5 rings (SSSR count). The summed E-state index contributed by atoms with van der Waals surface area (Å²) in [6.45, 7) is 1.78. The molecule has 33 heavy (non-hydrogen) atoms. The maximum atomic E-state index is 12.9. The minimum absolute atomic E-state index is 0.134. The summed E-state index contributed by atoms with van der Waals surface area (Å²) in [7, 11) is 0. The Labute approximate surface area is 195 Å². The van der Waals surface area contributed by atoms with E-state index in [1.54, 1.807) is 0 Å². The fraction of sp³-hybridized carbons (Fsp3) is 0.348. The summed E-state index contributed by atoms with van der Waals surface area (Å²) in [5.41, 5.74) is 2.88. The molecule has 1 aliphatic rings. The first-order valence-electron chi connectivity index (χ1n) is 11.2. The van der Waals surface area contributed by atoms with Crippen LogP contribution in [0.2, 0.25) is 0 Å². The molecule has 1 saturated heterocycles. The van der Waals surface area contributed by atoms with Crippen molar-refractivity contribution in [3.63, 3.8) is 0 Å². The summed E-state index contributed by atoms with van der Waals surface area (Å²) in [5, 5.41) is 19.7. The van der Waals surface area contributed by atoms with Gasteiger partial charge in [-0.25, -0.2) is 4.98 Å². The molecule has 1 aliphatic heterocycles. The van der Waals surface area contributed by atoms with Gasteiger partial charge in [-0.2, -0.15) is 5.21 Å². The van der Waals surface area contributed by atoms with Gasteiger partial charge in [0, 0.05) is 36.8 Å². The Bertz CT molecular complexity index is 1170. The SMILES string of the molecule is O=C(Nc1nc([C@H]2CCCN2c2ccccc2)cs1)c1cccn1CCCCc1nn[nH]n1. The molecule has 0 saturated carbocycles. The number of thiazole rings is 1. The highest BCUT2D eigenvalue weighted by Crippen LogP contribution is 2.37. The van der Waals surface area contributed by atoms with Crippen LogP contribution in [-0.2, 0) is 13.0 Å². The summed E-state index contributed by atoms with van der Waals surface area (Å²) in [4.78, 5) is 20.1. The van der Waals surface area contributed by atoms with E-state index in [-0.39, 0.29) is 11.9 Å². The first-order chi connectivity index (χ1) is 16.3. The number of aromatic nitrogens is 6. The number of carbonyl (C=O) groups excluding carboxylic acids is 1. The summed E-state index contributed by atoms with van der Waals surface area (Å²) < 4.78 is 1.98. The molecule has 1 amide bonds. The van der Waals surface area contributed by atoms with E-state index in [4.69, 9.17) is 4.98 Å². The third-order valence-electron chi connectivity index (χ3n) is 5.93. The van der Waals surface area contributed by atoms with Crippen molar-refractivity contribution in [3.05, 3.63) is 71.3 Å². The Hall–Kier alpha value is -3.53. The Morgan fingerprint density at radius 2 is 2.09 bits per heavy atom. The number of tetrazole rings is 1. The third kappa shape index (κ3) is 4.95. The van der Waals surface area contributed by atoms with Crippen LogP contribution in [0.25, 0.3) is 0 Å². The number of H-pyrrole nitrogens is 1. The number of unbranched alkanes of at least 4 members (excludes halogenated alkanes) is 1. The Kier molecular flexibility index (Phi) is 6.43. The van der Waals surface area contributed by atoms with Gasteiger partial charge in [-0.05, 0) is 49.9 Å². The van der Waals surface area contributed by atoms with Crippen LogP contribution >= 0.6 is 11.3 Å². The smallest absolute Gasteiger partial charge is 0.274 e. The van der Waals surface area contributed by atoms with Crippen LogP contribution in [0, 0.1) is 0 Å². The van der Waals surface area contributed by atoms with Crippen LogP contribution in [-0.4, -0.2) is 42.6 Å². The highest BCUT2D eigenvalue weighted by atomic mass is 32.1. The van der Waals surface area contributed by atoms with Crippen molar-refractivity contribution in [2.24, 2.45) is 0 Å². The third-order valence-corrected chi connectivity index (χ3v) is 6.70. The summed E-state index contributed by atoms with van der Waals surface area (Å²) in [6, 6.07) is 14.4. The predicted molar refractivity (Wildman–Crippen MR) is 127 cm³/mol. The molecule has 0 bridgehead atoms. The lowest BCUT2D eigenvalue weighted by Gasteiger charge is -2.25. The lowest BCUT2D eigenvalue weighted by molar-refractivity contribution is 0.101.